The number of hydrogen-bond acceptors (Lipinski definition) is 1. The van der Waals surface area contributed by atoms with E-state index in [1.807, 2.05) is 60.1 Å². The normalized spacial score (nSPS) is 16.8. The van der Waals surface area contributed by atoms with E-state index in [9.17, 15) is 0 Å². The maximum atomic E-state index is 4.54. The van der Waals surface area contributed by atoms with Crippen molar-refractivity contribution in [1.29, 1.82) is 0 Å². The maximum absolute atomic E-state index is 4.54. The maximum Gasteiger partial charge on any atom is 0.0706 e. The predicted molar refractivity (Wildman–Crippen MR) is 63.1 cm³/mol. The van der Waals surface area contributed by atoms with Gasteiger partial charge in [-0.3, -0.25) is 0 Å². The van der Waals surface area contributed by atoms with Crippen LogP contribution in [-0.2, 0) is 0 Å². The molecular formula is C14H11N2. The van der Waals surface area contributed by atoms with Crippen LogP contribution in [0.1, 0.15) is 5.69 Å². The Kier molecular flexibility index (Phi) is 2.49. The number of rotatable bonds is 2. The summed E-state index contributed by atoms with van der Waals surface area (Å²) in [6.07, 6.45) is 10.2. The Balaban J connectivity index is 1.87. The van der Waals surface area contributed by atoms with E-state index < -0.39 is 0 Å². The molecule has 1 aromatic carbocycles. The summed E-state index contributed by atoms with van der Waals surface area (Å²) >= 11 is 0. The minimum Gasteiger partial charge on any atom is -0.241 e. The average molecular weight is 207 g/mol. The number of aromatic nitrogens is 2. The van der Waals surface area contributed by atoms with E-state index in [4.69, 9.17) is 0 Å². The molecule has 16 heavy (non-hydrogen) atoms. The molecule has 0 bridgehead atoms. The van der Waals surface area contributed by atoms with Gasteiger partial charge in [-0.05, 0) is 43.9 Å². The summed E-state index contributed by atoms with van der Waals surface area (Å²) in [5, 5.41) is 4.54. The smallest absolute Gasteiger partial charge is 0.0706 e. The van der Waals surface area contributed by atoms with Gasteiger partial charge in [0.25, 0.3) is 0 Å². The van der Waals surface area contributed by atoms with Gasteiger partial charge < -0.3 is 0 Å². The van der Waals surface area contributed by atoms with Crippen LogP contribution >= 0.6 is 0 Å². The largest absolute Gasteiger partial charge is 0.241 e. The Bertz CT molecular complexity index is 453. The Hall–Kier alpha value is -1.57. The van der Waals surface area contributed by atoms with E-state index in [0.717, 1.165) is 17.3 Å². The third kappa shape index (κ3) is 1.75. The van der Waals surface area contributed by atoms with Crippen LogP contribution in [0.3, 0.4) is 0 Å². The monoisotopic (exact) mass is 207 g/mol. The highest BCUT2D eigenvalue weighted by Crippen LogP contribution is 2.28. The fourth-order valence-electron chi connectivity index (χ4n) is 1.75. The molecule has 1 saturated carbocycles. The second kappa shape index (κ2) is 4.12. The second-order valence-electron chi connectivity index (χ2n) is 3.65. The molecule has 1 aromatic heterocycles. The van der Waals surface area contributed by atoms with Gasteiger partial charge in [0.2, 0.25) is 0 Å². The molecule has 0 spiro atoms. The number of benzene rings is 1. The van der Waals surface area contributed by atoms with Crippen molar-refractivity contribution in [2.24, 2.45) is 0 Å². The quantitative estimate of drug-likeness (QED) is 0.740. The van der Waals surface area contributed by atoms with Gasteiger partial charge in [-0.2, -0.15) is 5.10 Å². The van der Waals surface area contributed by atoms with Crippen LogP contribution in [0.25, 0.3) is 5.69 Å². The van der Waals surface area contributed by atoms with Crippen molar-refractivity contribution in [3.8, 4) is 5.69 Å². The standard InChI is InChI=1S/C14H11N2/c1-2-8-13(9-3-1)16-11-10-14(15-16)12-6-4-5-7-12/h1-11H. The third-order valence-electron chi connectivity index (χ3n) is 2.57. The van der Waals surface area contributed by atoms with Crippen LogP contribution in [0, 0.1) is 31.6 Å². The molecule has 0 atom stereocenters. The van der Waals surface area contributed by atoms with Gasteiger partial charge in [-0.1, -0.05) is 18.2 Å². The highest BCUT2D eigenvalue weighted by Gasteiger charge is 2.21. The lowest BCUT2D eigenvalue weighted by atomic mass is 10.1. The molecular weight excluding hydrogens is 196 g/mol. The molecule has 1 heterocycles. The summed E-state index contributed by atoms with van der Waals surface area (Å²) in [5.74, 6) is 1.16. The van der Waals surface area contributed by atoms with Crippen LogP contribution in [-0.4, -0.2) is 9.78 Å². The van der Waals surface area contributed by atoms with E-state index in [1.165, 1.54) is 0 Å². The minimum absolute atomic E-state index is 1.01. The molecule has 0 N–H and O–H groups in total. The molecule has 0 aliphatic heterocycles. The molecule has 2 nitrogen and oxygen atoms in total. The molecule has 2 aromatic rings. The molecule has 0 unspecified atom stereocenters. The van der Waals surface area contributed by atoms with E-state index >= 15 is 0 Å². The van der Waals surface area contributed by atoms with Crippen LogP contribution in [0.15, 0.2) is 42.6 Å². The molecule has 3 rings (SSSR count). The second-order valence-corrected chi connectivity index (χ2v) is 3.65. The lowest BCUT2D eigenvalue weighted by Gasteiger charge is -2.03. The third-order valence-corrected chi connectivity index (χ3v) is 2.57. The summed E-state index contributed by atoms with van der Waals surface area (Å²) < 4.78 is 1.89. The van der Waals surface area contributed by atoms with Crippen molar-refractivity contribution in [3.05, 3.63) is 79.9 Å². The molecule has 2 heteroatoms. The molecule has 0 amide bonds. The summed E-state index contributed by atoms with van der Waals surface area (Å²) in [5.41, 5.74) is 2.09. The van der Waals surface area contributed by atoms with Crippen molar-refractivity contribution in [1.82, 2.24) is 9.78 Å². The molecule has 0 saturated heterocycles. The Morgan fingerprint density at radius 1 is 0.875 bits per heavy atom. The molecule has 5 radical (unpaired) electrons. The summed E-state index contributed by atoms with van der Waals surface area (Å²) in [6, 6.07) is 12.1. The van der Waals surface area contributed by atoms with Gasteiger partial charge >= 0.3 is 0 Å². The first-order chi connectivity index (χ1) is 7.93. The van der Waals surface area contributed by atoms with E-state index in [1.54, 1.807) is 0 Å². The van der Waals surface area contributed by atoms with E-state index in [2.05, 4.69) is 17.9 Å². The Morgan fingerprint density at radius 2 is 1.62 bits per heavy atom. The Labute approximate surface area is 95.9 Å². The highest BCUT2D eigenvalue weighted by molar-refractivity contribution is 5.47. The van der Waals surface area contributed by atoms with Crippen molar-refractivity contribution in [3.63, 3.8) is 0 Å². The van der Waals surface area contributed by atoms with E-state index in [-0.39, 0.29) is 0 Å². The molecule has 77 valence electrons. The minimum atomic E-state index is 1.01. The zero-order valence-corrected chi connectivity index (χ0v) is 8.75. The lowest BCUT2D eigenvalue weighted by molar-refractivity contribution is 0.859. The highest BCUT2D eigenvalue weighted by atomic mass is 15.3. The predicted octanol–water partition coefficient (Wildman–Crippen LogP) is 2.63. The van der Waals surface area contributed by atoms with Crippen LogP contribution in [0.2, 0.25) is 0 Å². The fraction of sp³-hybridized carbons (Fsp3) is 0. The number of nitrogens with zero attached hydrogens (tertiary/aromatic N) is 2. The molecule has 1 fully saturated rings. The van der Waals surface area contributed by atoms with Crippen molar-refractivity contribution >= 4 is 0 Å². The number of para-hydroxylation sites is 1. The van der Waals surface area contributed by atoms with Crippen molar-refractivity contribution in [2.45, 2.75) is 0 Å². The van der Waals surface area contributed by atoms with Crippen molar-refractivity contribution < 1.29 is 0 Å². The lowest BCUT2D eigenvalue weighted by Crippen LogP contribution is -1.99. The van der Waals surface area contributed by atoms with Crippen LogP contribution < -0.4 is 0 Å². The first kappa shape index (κ1) is 9.64. The van der Waals surface area contributed by atoms with Gasteiger partial charge in [0.05, 0.1) is 11.4 Å². The molecule has 1 aliphatic carbocycles. The summed E-state index contributed by atoms with van der Waals surface area (Å²) in [4.78, 5) is 0. The van der Waals surface area contributed by atoms with Gasteiger partial charge in [0.15, 0.2) is 0 Å². The van der Waals surface area contributed by atoms with Gasteiger partial charge in [-0.25, -0.2) is 4.68 Å². The zero-order chi connectivity index (χ0) is 10.8. The summed E-state index contributed by atoms with van der Waals surface area (Å²) in [6.45, 7) is 0. The SMILES string of the molecule is [CH]1[CH][CH][C](c2ccn(-c3ccccc3)n2)[CH]1. The fourth-order valence-corrected chi connectivity index (χ4v) is 1.75. The van der Waals surface area contributed by atoms with Crippen molar-refractivity contribution in [2.75, 3.05) is 0 Å². The Morgan fingerprint density at radius 3 is 2.38 bits per heavy atom. The molecule has 1 aliphatic rings. The number of hydrogen-bond donors (Lipinski definition) is 0. The average Bonchev–Trinajstić information content (AvgIpc) is 3.01. The topological polar surface area (TPSA) is 17.8 Å². The first-order valence-corrected chi connectivity index (χ1v) is 5.27. The van der Waals surface area contributed by atoms with Gasteiger partial charge in [0, 0.05) is 12.1 Å². The van der Waals surface area contributed by atoms with Gasteiger partial charge in [0.1, 0.15) is 0 Å². The first-order valence-electron chi connectivity index (χ1n) is 5.27. The van der Waals surface area contributed by atoms with Crippen LogP contribution in [0.4, 0.5) is 0 Å². The summed E-state index contributed by atoms with van der Waals surface area (Å²) in [7, 11) is 0. The van der Waals surface area contributed by atoms with E-state index in [0.29, 0.717) is 0 Å². The zero-order valence-electron chi connectivity index (χ0n) is 8.75. The van der Waals surface area contributed by atoms with Gasteiger partial charge in [-0.15, -0.1) is 0 Å². The van der Waals surface area contributed by atoms with Crippen LogP contribution in [0.5, 0.6) is 0 Å².